The van der Waals surface area contributed by atoms with Gasteiger partial charge in [0.05, 0.1) is 0 Å². The average molecular weight is 241 g/mol. The molecular formula is C14H31N3. The highest BCUT2D eigenvalue weighted by molar-refractivity contribution is 4.81. The predicted molar refractivity (Wildman–Crippen MR) is 75.5 cm³/mol. The molecule has 3 aliphatic heterocycles. The van der Waals surface area contributed by atoms with E-state index in [0.717, 1.165) is 0 Å². The van der Waals surface area contributed by atoms with Crippen molar-refractivity contribution in [2.75, 3.05) is 39.3 Å². The SMILES string of the molecule is C1CN2CCN1CC2.CC(C)(C)NC(C)(C)C. The molecule has 3 saturated heterocycles. The van der Waals surface area contributed by atoms with Crippen LogP contribution in [0.5, 0.6) is 0 Å². The minimum atomic E-state index is 0.234. The van der Waals surface area contributed by atoms with Gasteiger partial charge in [-0.1, -0.05) is 0 Å². The van der Waals surface area contributed by atoms with E-state index >= 15 is 0 Å². The van der Waals surface area contributed by atoms with Crippen LogP contribution in [0.15, 0.2) is 0 Å². The lowest BCUT2D eigenvalue weighted by atomic mass is 10.0. The minimum absolute atomic E-state index is 0.234. The first-order chi connectivity index (χ1) is 7.66. The van der Waals surface area contributed by atoms with Gasteiger partial charge in [0, 0.05) is 50.3 Å². The summed E-state index contributed by atoms with van der Waals surface area (Å²) in [4.78, 5) is 5.08. The molecule has 0 spiro atoms. The van der Waals surface area contributed by atoms with Crippen molar-refractivity contribution in [1.82, 2.24) is 15.1 Å². The first-order valence-corrected chi connectivity index (χ1v) is 6.90. The minimum Gasteiger partial charge on any atom is -0.307 e. The Labute approximate surface area is 108 Å². The molecule has 0 amide bonds. The van der Waals surface area contributed by atoms with Crippen LogP contribution in [0, 0.1) is 0 Å². The van der Waals surface area contributed by atoms with Crippen LogP contribution >= 0.6 is 0 Å². The van der Waals surface area contributed by atoms with Crippen LogP contribution in [0.1, 0.15) is 41.5 Å². The number of piperazine rings is 3. The molecule has 0 aliphatic carbocycles. The fourth-order valence-electron chi connectivity index (χ4n) is 2.64. The van der Waals surface area contributed by atoms with Gasteiger partial charge in [-0.25, -0.2) is 0 Å². The van der Waals surface area contributed by atoms with Crippen LogP contribution in [-0.2, 0) is 0 Å². The summed E-state index contributed by atoms with van der Waals surface area (Å²) in [6.45, 7) is 21.0. The Morgan fingerprint density at radius 3 is 0.882 bits per heavy atom. The lowest BCUT2D eigenvalue weighted by molar-refractivity contribution is 0.0647. The van der Waals surface area contributed by atoms with Gasteiger partial charge in [0.2, 0.25) is 0 Å². The smallest absolute Gasteiger partial charge is 0.0110 e. The lowest BCUT2D eigenvalue weighted by Crippen LogP contribution is -2.55. The molecule has 0 aromatic carbocycles. The van der Waals surface area contributed by atoms with Crippen molar-refractivity contribution < 1.29 is 0 Å². The maximum Gasteiger partial charge on any atom is 0.0110 e. The second kappa shape index (κ2) is 5.68. The molecule has 3 aliphatic rings. The Hall–Kier alpha value is -0.120. The number of hydrogen-bond donors (Lipinski definition) is 1. The van der Waals surface area contributed by atoms with Gasteiger partial charge in [-0.05, 0) is 41.5 Å². The van der Waals surface area contributed by atoms with E-state index in [1.807, 2.05) is 0 Å². The van der Waals surface area contributed by atoms with Crippen LogP contribution in [0.4, 0.5) is 0 Å². The molecule has 0 radical (unpaired) electrons. The number of nitrogens with zero attached hydrogens (tertiary/aromatic N) is 2. The second-order valence-electron chi connectivity index (χ2n) is 7.31. The molecular weight excluding hydrogens is 210 g/mol. The Morgan fingerprint density at radius 2 is 0.824 bits per heavy atom. The zero-order valence-electron chi connectivity index (χ0n) is 12.6. The van der Waals surface area contributed by atoms with Crippen molar-refractivity contribution >= 4 is 0 Å². The van der Waals surface area contributed by atoms with Gasteiger partial charge in [0.1, 0.15) is 0 Å². The maximum absolute atomic E-state index is 3.46. The quantitative estimate of drug-likeness (QED) is 0.697. The van der Waals surface area contributed by atoms with Crippen LogP contribution < -0.4 is 5.32 Å². The van der Waals surface area contributed by atoms with E-state index in [1.165, 1.54) is 39.3 Å². The highest BCUT2D eigenvalue weighted by Gasteiger charge is 2.21. The molecule has 0 aromatic heterocycles. The molecule has 1 N–H and O–H groups in total. The molecule has 3 rings (SSSR count). The Morgan fingerprint density at radius 1 is 0.588 bits per heavy atom. The van der Waals surface area contributed by atoms with E-state index in [2.05, 4.69) is 56.7 Å². The van der Waals surface area contributed by atoms with Gasteiger partial charge in [-0.15, -0.1) is 0 Å². The normalized spacial score (nSPS) is 28.6. The molecule has 3 nitrogen and oxygen atoms in total. The van der Waals surface area contributed by atoms with Gasteiger partial charge < -0.3 is 5.32 Å². The van der Waals surface area contributed by atoms with Gasteiger partial charge in [0.25, 0.3) is 0 Å². The maximum atomic E-state index is 3.46. The summed E-state index contributed by atoms with van der Waals surface area (Å²) in [5, 5.41) is 3.46. The molecule has 102 valence electrons. The van der Waals surface area contributed by atoms with Crippen LogP contribution in [0.25, 0.3) is 0 Å². The van der Waals surface area contributed by atoms with E-state index in [4.69, 9.17) is 0 Å². The van der Waals surface area contributed by atoms with Crippen LogP contribution in [-0.4, -0.2) is 60.1 Å². The van der Waals surface area contributed by atoms with Crippen molar-refractivity contribution in [3.05, 3.63) is 0 Å². The standard InChI is InChI=1S/C8H19N.C6H12N2/c1-7(2,3)9-8(4,5)6;1-2-8-5-3-7(1)4-6-8/h9H,1-6H3;1-6H2. The third kappa shape index (κ3) is 7.02. The predicted octanol–water partition coefficient (Wildman–Crippen LogP) is 1.79. The summed E-state index contributed by atoms with van der Waals surface area (Å²) >= 11 is 0. The van der Waals surface area contributed by atoms with E-state index in [-0.39, 0.29) is 11.1 Å². The van der Waals surface area contributed by atoms with Crippen molar-refractivity contribution in [1.29, 1.82) is 0 Å². The number of hydrogen-bond acceptors (Lipinski definition) is 3. The molecule has 2 bridgehead atoms. The third-order valence-electron chi connectivity index (χ3n) is 2.95. The molecule has 3 fully saturated rings. The van der Waals surface area contributed by atoms with Crippen LogP contribution in [0.3, 0.4) is 0 Å². The van der Waals surface area contributed by atoms with Crippen molar-refractivity contribution in [2.24, 2.45) is 0 Å². The summed E-state index contributed by atoms with van der Waals surface area (Å²) in [5.74, 6) is 0. The monoisotopic (exact) mass is 241 g/mol. The third-order valence-corrected chi connectivity index (χ3v) is 2.95. The number of fused-ring (bicyclic) bond motifs is 3. The van der Waals surface area contributed by atoms with Gasteiger partial charge in [-0.3, -0.25) is 9.80 Å². The summed E-state index contributed by atoms with van der Waals surface area (Å²) in [7, 11) is 0. The zero-order chi connectivity index (χ0) is 13.1. The lowest BCUT2D eigenvalue weighted by Gasteiger charge is -2.41. The van der Waals surface area contributed by atoms with Gasteiger partial charge >= 0.3 is 0 Å². The average Bonchev–Trinajstić information content (AvgIpc) is 2.16. The summed E-state index contributed by atoms with van der Waals surface area (Å²) in [5.41, 5.74) is 0.469. The molecule has 3 heterocycles. The van der Waals surface area contributed by atoms with Crippen molar-refractivity contribution in [2.45, 2.75) is 52.6 Å². The van der Waals surface area contributed by atoms with Crippen molar-refractivity contribution in [3.63, 3.8) is 0 Å². The summed E-state index contributed by atoms with van der Waals surface area (Å²) in [6.07, 6.45) is 0. The molecule has 0 atom stereocenters. The molecule has 0 aromatic rings. The largest absolute Gasteiger partial charge is 0.307 e. The van der Waals surface area contributed by atoms with E-state index in [0.29, 0.717) is 0 Å². The topological polar surface area (TPSA) is 18.5 Å². The molecule has 3 heteroatoms. The van der Waals surface area contributed by atoms with Gasteiger partial charge in [-0.2, -0.15) is 0 Å². The van der Waals surface area contributed by atoms with Gasteiger partial charge in [0.15, 0.2) is 0 Å². The highest BCUT2D eigenvalue weighted by atomic mass is 15.3. The van der Waals surface area contributed by atoms with Crippen LogP contribution in [0.2, 0.25) is 0 Å². The van der Waals surface area contributed by atoms with E-state index in [1.54, 1.807) is 0 Å². The first-order valence-electron chi connectivity index (χ1n) is 6.90. The molecule has 17 heavy (non-hydrogen) atoms. The Balaban J connectivity index is 0.000000170. The molecule has 0 unspecified atom stereocenters. The Kier molecular flexibility index (Phi) is 4.99. The zero-order valence-corrected chi connectivity index (χ0v) is 12.6. The van der Waals surface area contributed by atoms with E-state index in [9.17, 15) is 0 Å². The number of rotatable bonds is 0. The summed E-state index contributed by atoms with van der Waals surface area (Å²) in [6, 6.07) is 0. The fourth-order valence-corrected chi connectivity index (χ4v) is 2.64. The first kappa shape index (κ1) is 14.9. The Bertz CT molecular complexity index is 182. The summed E-state index contributed by atoms with van der Waals surface area (Å²) < 4.78 is 0. The second-order valence-corrected chi connectivity index (χ2v) is 7.31. The molecule has 0 saturated carbocycles. The van der Waals surface area contributed by atoms with Crippen molar-refractivity contribution in [3.8, 4) is 0 Å². The number of nitrogens with one attached hydrogen (secondary N) is 1. The van der Waals surface area contributed by atoms with E-state index < -0.39 is 0 Å². The fraction of sp³-hybridized carbons (Fsp3) is 1.00. The highest BCUT2D eigenvalue weighted by Crippen LogP contribution is 2.08.